The Morgan fingerprint density at radius 1 is 1.16 bits per heavy atom. The van der Waals surface area contributed by atoms with E-state index in [1.165, 1.54) is 24.4 Å². The number of carboxylic acid groups (broad SMARTS) is 1. The average Bonchev–Trinajstić information content (AvgIpc) is 3.57. The fourth-order valence-electron chi connectivity index (χ4n) is 4.17. The molecule has 1 saturated carbocycles. The Morgan fingerprint density at radius 2 is 1.88 bits per heavy atom. The zero-order valence-electron chi connectivity index (χ0n) is 17.4. The molecule has 0 unspecified atom stereocenters. The largest absolute Gasteiger partial charge is 0.493 e. The second-order valence-corrected chi connectivity index (χ2v) is 8.44. The SMILES string of the molecule is O=C(O)c1ccc(OCC2CCN(Cc3ncccc3C(F)(F)F)CC2)c(C2CC2)c1F. The predicted octanol–water partition coefficient (Wildman–Crippen LogP) is 5.11. The Labute approximate surface area is 183 Å². The maximum absolute atomic E-state index is 14.7. The minimum absolute atomic E-state index is 0.00708. The van der Waals surface area contributed by atoms with E-state index in [0.717, 1.165) is 31.7 Å². The number of nitrogens with zero attached hydrogens (tertiary/aromatic N) is 2. The Morgan fingerprint density at radius 3 is 2.50 bits per heavy atom. The first-order valence-corrected chi connectivity index (χ1v) is 10.7. The molecule has 0 amide bonds. The first kappa shape index (κ1) is 22.5. The van der Waals surface area contributed by atoms with Crippen LogP contribution in [0, 0.1) is 11.7 Å². The smallest absolute Gasteiger partial charge is 0.418 e. The number of ether oxygens (including phenoxy) is 1. The van der Waals surface area contributed by atoms with Gasteiger partial charge in [-0.3, -0.25) is 9.88 Å². The van der Waals surface area contributed by atoms with Crippen molar-refractivity contribution in [3.63, 3.8) is 0 Å². The summed E-state index contributed by atoms with van der Waals surface area (Å²) < 4.78 is 60.1. The van der Waals surface area contributed by atoms with Gasteiger partial charge in [-0.05, 0) is 74.9 Å². The Bertz CT molecular complexity index is 984. The highest BCUT2D eigenvalue weighted by molar-refractivity contribution is 5.88. The molecule has 2 aliphatic rings. The first-order valence-electron chi connectivity index (χ1n) is 10.7. The van der Waals surface area contributed by atoms with Crippen LogP contribution < -0.4 is 4.74 Å². The molecule has 1 N–H and O–H groups in total. The van der Waals surface area contributed by atoms with Crippen LogP contribution in [0.4, 0.5) is 17.6 Å². The lowest BCUT2D eigenvalue weighted by atomic mass is 9.97. The summed E-state index contributed by atoms with van der Waals surface area (Å²) in [4.78, 5) is 17.1. The molecule has 1 aromatic heterocycles. The lowest BCUT2D eigenvalue weighted by molar-refractivity contribution is -0.138. The van der Waals surface area contributed by atoms with Crippen LogP contribution in [0.3, 0.4) is 0 Å². The van der Waals surface area contributed by atoms with Crippen molar-refractivity contribution in [3.8, 4) is 5.75 Å². The summed E-state index contributed by atoms with van der Waals surface area (Å²) >= 11 is 0. The fourth-order valence-corrected chi connectivity index (χ4v) is 4.17. The predicted molar refractivity (Wildman–Crippen MR) is 108 cm³/mol. The van der Waals surface area contributed by atoms with E-state index in [2.05, 4.69) is 4.98 Å². The molecule has 4 rings (SSSR count). The van der Waals surface area contributed by atoms with Crippen LogP contribution in [0.1, 0.15) is 58.8 Å². The summed E-state index contributed by atoms with van der Waals surface area (Å²) in [6.45, 7) is 1.72. The van der Waals surface area contributed by atoms with Crippen molar-refractivity contribution in [1.29, 1.82) is 0 Å². The van der Waals surface area contributed by atoms with Crippen LogP contribution in [0.2, 0.25) is 0 Å². The average molecular weight is 452 g/mol. The summed E-state index contributed by atoms with van der Waals surface area (Å²) in [6.07, 6.45) is 0.0352. The fraction of sp³-hybridized carbons (Fsp3) is 0.478. The van der Waals surface area contributed by atoms with Crippen LogP contribution >= 0.6 is 0 Å². The van der Waals surface area contributed by atoms with Crippen LogP contribution in [0.15, 0.2) is 30.5 Å². The molecule has 0 bridgehead atoms. The number of hydrogen-bond acceptors (Lipinski definition) is 4. The normalized spacial score (nSPS) is 18.0. The molecule has 0 atom stereocenters. The molecule has 1 aliphatic carbocycles. The molecule has 2 fully saturated rings. The molecule has 0 spiro atoms. The van der Waals surface area contributed by atoms with Crippen molar-refractivity contribution < 1.29 is 32.2 Å². The van der Waals surface area contributed by atoms with E-state index < -0.39 is 23.5 Å². The van der Waals surface area contributed by atoms with Gasteiger partial charge in [0.15, 0.2) is 0 Å². The zero-order valence-corrected chi connectivity index (χ0v) is 17.4. The summed E-state index contributed by atoms with van der Waals surface area (Å²) in [7, 11) is 0. The van der Waals surface area contributed by atoms with Gasteiger partial charge in [-0.1, -0.05) is 0 Å². The lowest BCUT2D eigenvalue weighted by Gasteiger charge is -2.32. The summed E-state index contributed by atoms with van der Waals surface area (Å²) in [5.74, 6) is -1.45. The molecule has 5 nitrogen and oxygen atoms in total. The lowest BCUT2D eigenvalue weighted by Crippen LogP contribution is -2.36. The second kappa shape index (κ2) is 9.05. The Hall–Kier alpha value is -2.68. The van der Waals surface area contributed by atoms with Gasteiger partial charge < -0.3 is 9.84 Å². The third-order valence-electron chi connectivity index (χ3n) is 6.11. The second-order valence-electron chi connectivity index (χ2n) is 8.44. The van der Waals surface area contributed by atoms with Crippen molar-refractivity contribution in [2.75, 3.05) is 19.7 Å². The van der Waals surface area contributed by atoms with Gasteiger partial charge in [0, 0.05) is 18.3 Å². The van der Waals surface area contributed by atoms with Crippen molar-refractivity contribution in [3.05, 3.63) is 58.7 Å². The highest BCUT2D eigenvalue weighted by Crippen LogP contribution is 2.46. The van der Waals surface area contributed by atoms with Crippen LogP contribution in [-0.4, -0.2) is 40.7 Å². The number of aromatic nitrogens is 1. The van der Waals surface area contributed by atoms with E-state index in [1.807, 2.05) is 4.90 Å². The summed E-state index contributed by atoms with van der Waals surface area (Å²) in [5, 5.41) is 9.16. The highest BCUT2D eigenvalue weighted by Gasteiger charge is 2.35. The highest BCUT2D eigenvalue weighted by atomic mass is 19.4. The number of carbonyl (C=O) groups is 1. The Kier molecular flexibility index (Phi) is 6.37. The molecule has 1 aromatic carbocycles. The summed E-state index contributed by atoms with van der Waals surface area (Å²) in [6, 6.07) is 5.09. The molecule has 1 saturated heterocycles. The van der Waals surface area contributed by atoms with Gasteiger partial charge in [0.1, 0.15) is 11.6 Å². The van der Waals surface area contributed by atoms with E-state index in [1.54, 1.807) is 0 Å². The number of aromatic carboxylic acids is 1. The van der Waals surface area contributed by atoms with Crippen molar-refractivity contribution in [2.45, 2.75) is 44.3 Å². The number of alkyl halides is 3. The number of carboxylic acids is 1. The molecule has 2 aromatic rings. The molecule has 172 valence electrons. The molecule has 2 heterocycles. The third kappa shape index (κ3) is 5.03. The van der Waals surface area contributed by atoms with E-state index in [0.29, 0.717) is 31.0 Å². The van der Waals surface area contributed by atoms with Crippen LogP contribution in [0.25, 0.3) is 0 Å². The standard InChI is InChI=1S/C23H24F4N2O3/c24-21-16(22(30)31)5-6-19(20(21)15-3-4-15)32-13-14-7-10-29(11-8-14)12-18-17(23(25,26)27)2-1-9-28-18/h1-2,5-6,9,14-15H,3-4,7-8,10-13H2,(H,30,31). The van der Waals surface area contributed by atoms with Crippen molar-refractivity contribution in [2.24, 2.45) is 5.92 Å². The quantitative estimate of drug-likeness (QED) is 0.592. The van der Waals surface area contributed by atoms with Gasteiger partial charge in [-0.25, -0.2) is 9.18 Å². The molecule has 32 heavy (non-hydrogen) atoms. The molecule has 9 heteroatoms. The van der Waals surface area contributed by atoms with Gasteiger partial charge in [0.2, 0.25) is 0 Å². The van der Waals surface area contributed by atoms with Gasteiger partial charge in [-0.15, -0.1) is 0 Å². The minimum Gasteiger partial charge on any atom is -0.493 e. The third-order valence-corrected chi connectivity index (χ3v) is 6.11. The maximum atomic E-state index is 14.7. The van der Waals surface area contributed by atoms with Crippen LogP contribution in [0.5, 0.6) is 5.75 Å². The number of rotatable bonds is 7. The number of likely N-dealkylation sites (tertiary alicyclic amines) is 1. The van der Waals surface area contributed by atoms with Gasteiger partial charge in [-0.2, -0.15) is 13.2 Å². The molecular weight excluding hydrogens is 428 g/mol. The van der Waals surface area contributed by atoms with E-state index >= 15 is 0 Å². The van der Waals surface area contributed by atoms with E-state index in [4.69, 9.17) is 9.84 Å². The van der Waals surface area contributed by atoms with Gasteiger partial charge in [0.05, 0.1) is 23.4 Å². The van der Waals surface area contributed by atoms with Crippen molar-refractivity contribution >= 4 is 5.97 Å². The zero-order chi connectivity index (χ0) is 22.9. The topological polar surface area (TPSA) is 62.7 Å². The molecule has 0 radical (unpaired) electrons. The first-order chi connectivity index (χ1) is 15.2. The number of piperidine rings is 1. The number of halogens is 4. The van der Waals surface area contributed by atoms with E-state index in [9.17, 15) is 22.4 Å². The summed E-state index contributed by atoms with van der Waals surface area (Å²) in [5.41, 5.74) is -0.680. The minimum atomic E-state index is -4.43. The number of benzene rings is 1. The molecular formula is C23H24F4N2O3. The Balaban J connectivity index is 1.34. The molecule has 1 aliphatic heterocycles. The number of hydrogen-bond donors (Lipinski definition) is 1. The number of pyridine rings is 1. The van der Waals surface area contributed by atoms with Gasteiger partial charge >= 0.3 is 12.1 Å². The van der Waals surface area contributed by atoms with Crippen LogP contribution in [-0.2, 0) is 12.7 Å². The monoisotopic (exact) mass is 452 g/mol. The van der Waals surface area contributed by atoms with E-state index in [-0.39, 0.29) is 29.6 Å². The van der Waals surface area contributed by atoms with Crippen molar-refractivity contribution in [1.82, 2.24) is 9.88 Å². The van der Waals surface area contributed by atoms with Gasteiger partial charge in [0.25, 0.3) is 0 Å². The maximum Gasteiger partial charge on any atom is 0.418 e.